The van der Waals surface area contributed by atoms with Crippen molar-refractivity contribution < 1.29 is 14.2 Å². The van der Waals surface area contributed by atoms with Crippen LogP contribution in [0.1, 0.15) is 24.5 Å². The van der Waals surface area contributed by atoms with E-state index in [1.807, 2.05) is 31.2 Å². The summed E-state index contributed by atoms with van der Waals surface area (Å²) in [6.07, 6.45) is 2.20. The molecule has 1 aliphatic rings. The Morgan fingerprint density at radius 2 is 1.73 bits per heavy atom. The van der Waals surface area contributed by atoms with E-state index in [1.165, 1.54) is 5.56 Å². The van der Waals surface area contributed by atoms with Gasteiger partial charge in [-0.25, -0.2) is 0 Å². The first kappa shape index (κ1) is 18.7. The molecule has 0 spiro atoms. The summed E-state index contributed by atoms with van der Waals surface area (Å²) in [5.74, 6) is 1.65. The molecule has 1 saturated heterocycles. The van der Waals surface area contributed by atoms with Crippen molar-refractivity contribution in [2.24, 2.45) is 0 Å². The van der Waals surface area contributed by atoms with E-state index in [-0.39, 0.29) is 0 Å². The van der Waals surface area contributed by atoms with Gasteiger partial charge in [-0.1, -0.05) is 36.4 Å². The highest BCUT2D eigenvalue weighted by molar-refractivity contribution is 5.43. The molecule has 0 bridgehead atoms. The summed E-state index contributed by atoms with van der Waals surface area (Å²) < 4.78 is 17.2. The standard InChI is InChI=1S/C22H29NO3/c1-2-25-22-17-19(9-6-12-23-13-15-24-16-14-23)10-11-21(22)26-18-20-7-4-3-5-8-20/h3-5,7-8,10-11,17H,2,6,9,12-16,18H2,1H3. The number of rotatable bonds is 9. The Bertz CT molecular complexity index is 654. The van der Waals surface area contributed by atoms with Crippen LogP contribution >= 0.6 is 0 Å². The van der Waals surface area contributed by atoms with E-state index in [0.717, 1.165) is 62.8 Å². The lowest BCUT2D eigenvalue weighted by Crippen LogP contribution is -2.36. The van der Waals surface area contributed by atoms with Crippen LogP contribution in [0.15, 0.2) is 48.5 Å². The van der Waals surface area contributed by atoms with Crippen LogP contribution in [0, 0.1) is 0 Å². The zero-order valence-electron chi connectivity index (χ0n) is 15.7. The summed E-state index contributed by atoms with van der Waals surface area (Å²) in [4.78, 5) is 2.48. The van der Waals surface area contributed by atoms with Crippen LogP contribution in [0.5, 0.6) is 11.5 Å². The smallest absolute Gasteiger partial charge is 0.161 e. The molecule has 2 aromatic rings. The largest absolute Gasteiger partial charge is 0.490 e. The third-order valence-electron chi connectivity index (χ3n) is 4.59. The minimum atomic E-state index is 0.553. The van der Waals surface area contributed by atoms with Crippen LogP contribution in [0.3, 0.4) is 0 Å². The molecule has 0 aromatic heterocycles. The molecule has 26 heavy (non-hydrogen) atoms. The normalized spacial score (nSPS) is 15.0. The van der Waals surface area contributed by atoms with Gasteiger partial charge in [0.1, 0.15) is 6.61 Å². The average molecular weight is 355 g/mol. The van der Waals surface area contributed by atoms with Crippen molar-refractivity contribution in [2.75, 3.05) is 39.5 Å². The number of benzene rings is 2. The van der Waals surface area contributed by atoms with E-state index in [2.05, 4.69) is 29.2 Å². The fourth-order valence-corrected chi connectivity index (χ4v) is 3.16. The maximum absolute atomic E-state index is 5.98. The summed E-state index contributed by atoms with van der Waals surface area (Å²) in [7, 11) is 0. The van der Waals surface area contributed by atoms with Crippen molar-refractivity contribution in [1.29, 1.82) is 0 Å². The predicted octanol–water partition coefficient (Wildman–Crippen LogP) is 3.93. The summed E-state index contributed by atoms with van der Waals surface area (Å²) in [6.45, 7) is 8.15. The molecular weight excluding hydrogens is 326 g/mol. The molecule has 4 nitrogen and oxygen atoms in total. The van der Waals surface area contributed by atoms with Gasteiger partial charge in [0.15, 0.2) is 11.5 Å². The second-order valence-corrected chi connectivity index (χ2v) is 6.55. The number of hydrogen-bond donors (Lipinski definition) is 0. The third kappa shape index (κ3) is 5.75. The molecular formula is C22H29NO3. The molecule has 0 radical (unpaired) electrons. The lowest BCUT2D eigenvalue weighted by Gasteiger charge is -2.26. The molecule has 2 aromatic carbocycles. The van der Waals surface area contributed by atoms with Gasteiger partial charge in [0.25, 0.3) is 0 Å². The van der Waals surface area contributed by atoms with Crippen molar-refractivity contribution in [3.63, 3.8) is 0 Å². The fraction of sp³-hybridized carbons (Fsp3) is 0.455. The molecule has 3 rings (SSSR count). The summed E-state index contributed by atoms with van der Waals surface area (Å²) in [5.41, 5.74) is 2.46. The molecule has 0 N–H and O–H groups in total. The van der Waals surface area contributed by atoms with Crippen molar-refractivity contribution >= 4 is 0 Å². The zero-order chi connectivity index (χ0) is 18.0. The first-order valence-corrected chi connectivity index (χ1v) is 9.57. The van der Waals surface area contributed by atoms with Crippen molar-refractivity contribution in [2.45, 2.75) is 26.4 Å². The monoisotopic (exact) mass is 355 g/mol. The number of ether oxygens (including phenoxy) is 3. The highest BCUT2D eigenvalue weighted by Gasteiger charge is 2.11. The van der Waals surface area contributed by atoms with Crippen LogP contribution in [-0.2, 0) is 17.8 Å². The highest BCUT2D eigenvalue weighted by atomic mass is 16.5. The first-order chi connectivity index (χ1) is 12.8. The molecule has 140 valence electrons. The molecule has 1 heterocycles. The molecule has 4 heteroatoms. The van der Waals surface area contributed by atoms with E-state index in [1.54, 1.807) is 0 Å². The van der Waals surface area contributed by atoms with E-state index in [4.69, 9.17) is 14.2 Å². The van der Waals surface area contributed by atoms with Crippen LogP contribution in [-0.4, -0.2) is 44.4 Å². The Kier molecular flexibility index (Phi) is 7.35. The topological polar surface area (TPSA) is 30.9 Å². The van der Waals surface area contributed by atoms with E-state index >= 15 is 0 Å². The van der Waals surface area contributed by atoms with Crippen molar-refractivity contribution in [3.05, 3.63) is 59.7 Å². The van der Waals surface area contributed by atoms with Gasteiger partial charge < -0.3 is 14.2 Å². The lowest BCUT2D eigenvalue weighted by molar-refractivity contribution is 0.0374. The SMILES string of the molecule is CCOc1cc(CCCN2CCOCC2)ccc1OCc1ccccc1. The quantitative estimate of drug-likeness (QED) is 0.682. The molecule has 0 atom stereocenters. The zero-order valence-corrected chi connectivity index (χ0v) is 15.7. The minimum absolute atomic E-state index is 0.553. The average Bonchev–Trinajstić information content (AvgIpc) is 2.69. The minimum Gasteiger partial charge on any atom is -0.490 e. The number of nitrogens with zero attached hydrogens (tertiary/aromatic N) is 1. The summed E-state index contributed by atoms with van der Waals surface area (Å²) in [5, 5.41) is 0. The van der Waals surface area contributed by atoms with Gasteiger partial charge >= 0.3 is 0 Å². The van der Waals surface area contributed by atoms with Gasteiger partial charge in [-0.05, 0) is 49.6 Å². The molecule has 0 aliphatic carbocycles. The van der Waals surface area contributed by atoms with Gasteiger partial charge in [-0.3, -0.25) is 4.90 Å². The molecule has 0 amide bonds. The van der Waals surface area contributed by atoms with E-state index < -0.39 is 0 Å². The Morgan fingerprint density at radius 1 is 0.923 bits per heavy atom. The summed E-state index contributed by atoms with van der Waals surface area (Å²) >= 11 is 0. The van der Waals surface area contributed by atoms with E-state index in [9.17, 15) is 0 Å². The number of hydrogen-bond acceptors (Lipinski definition) is 4. The van der Waals surface area contributed by atoms with Crippen LogP contribution < -0.4 is 9.47 Å². The maximum atomic E-state index is 5.98. The van der Waals surface area contributed by atoms with Gasteiger partial charge in [-0.15, -0.1) is 0 Å². The van der Waals surface area contributed by atoms with Crippen LogP contribution in [0.2, 0.25) is 0 Å². The van der Waals surface area contributed by atoms with Gasteiger partial charge in [0.05, 0.1) is 19.8 Å². The second-order valence-electron chi connectivity index (χ2n) is 6.55. The Morgan fingerprint density at radius 3 is 2.50 bits per heavy atom. The predicted molar refractivity (Wildman–Crippen MR) is 104 cm³/mol. The Hall–Kier alpha value is -2.04. The lowest BCUT2D eigenvalue weighted by atomic mass is 10.1. The third-order valence-corrected chi connectivity index (χ3v) is 4.59. The van der Waals surface area contributed by atoms with Crippen molar-refractivity contribution in [3.8, 4) is 11.5 Å². The number of morpholine rings is 1. The molecule has 1 aliphatic heterocycles. The van der Waals surface area contributed by atoms with E-state index in [0.29, 0.717) is 13.2 Å². The Labute approximate surface area is 156 Å². The first-order valence-electron chi connectivity index (χ1n) is 9.57. The molecule has 0 unspecified atom stereocenters. The van der Waals surface area contributed by atoms with Crippen LogP contribution in [0.25, 0.3) is 0 Å². The highest BCUT2D eigenvalue weighted by Crippen LogP contribution is 2.29. The van der Waals surface area contributed by atoms with Gasteiger partial charge in [0.2, 0.25) is 0 Å². The summed E-state index contributed by atoms with van der Waals surface area (Å²) in [6, 6.07) is 16.5. The Balaban J connectivity index is 1.55. The van der Waals surface area contributed by atoms with Gasteiger partial charge in [0, 0.05) is 13.1 Å². The fourth-order valence-electron chi connectivity index (χ4n) is 3.16. The molecule has 0 saturated carbocycles. The van der Waals surface area contributed by atoms with Crippen molar-refractivity contribution in [1.82, 2.24) is 4.90 Å². The number of aryl methyl sites for hydroxylation is 1. The second kappa shape index (κ2) is 10.2. The van der Waals surface area contributed by atoms with Crippen LogP contribution in [0.4, 0.5) is 0 Å². The maximum Gasteiger partial charge on any atom is 0.161 e. The van der Waals surface area contributed by atoms with Gasteiger partial charge in [-0.2, -0.15) is 0 Å². The molecule has 1 fully saturated rings.